The Morgan fingerprint density at radius 2 is 1.58 bits per heavy atom. The van der Waals surface area contributed by atoms with Crippen molar-refractivity contribution in [2.45, 2.75) is 58.3 Å². The highest BCUT2D eigenvalue weighted by atomic mass is 16.2. The van der Waals surface area contributed by atoms with E-state index in [1.165, 1.54) is 44.2 Å². The number of piperazine rings is 1. The molecule has 1 fully saturated rings. The zero-order valence-electron chi connectivity index (χ0n) is 19.0. The minimum Gasteiger partial charge on any atom is -0.368 e. The smallest absolute Gasteiger partial charge is 0.222 e. The van der Waals surface area contributed by atoms with Gasteiger partial charge in [0.1, 0.15) is 0 Å². The number of hydrogen-bond acceptors (Lipinski definition) is 3. The Bertz CT molecular complexity index is 793. The summed E-state index contributed by atoms with van der Waals surface area (Å²) >= 11 is 0. The number of pyridine rings is 1. The van der Waals surface area contributed by atoms with Crippen LogP contribution in [-0.4, -0.2) is 42.0 Å². The van der Waals surface area contributed by atoms with Gasteiger partial charge < -0.3 is 9.80 Å². The third-order valence-corrected chi connectivity index (χ3v) is 6.02. The zero-order chi connectivity index (χ0) is 21.7. The summed E-state index contributed by atoms with van der Waals surface area (Å²) in [6.45, 7) is 5.72. The molecule has 0 aliphatic carbocycles. The normalized spacial score (nSPS) is 14.4. The van der Waals surface area contributed by atoms with Gasteiger partial charge in [-0.25, -0.2) is 0 Å². The Morgan fingerprint density at radius 1 is 0.871 bits per heavy atom. The van der Waals surface area contributed by atoms with E-state index in [2.05, 4.69) is 52.0 Å². The summed E-state index contributed by atoms with van der Waals surface area (Å²) in [6, 6.07) is 14.6. The van der Waals surface area contributed by atoms with Crippen LogP contribution < -0.4 is 4.90 Å². The van der Waals surface area contributed by atoms with Gasteiger partial charge in [-0.2, -0.15) is 0 Å². The summed E-state index contributed by atoms with van der Waals surface area (Å²) in [5.41, 5.74) is 3.36. The molecule has 3 rings (SSSR count). The first-order valence-corrected chi connectivity index (χ1v) is 12.0. The maximum atomic E-state index is 12.5. The molecular formula is C27H37N3O. The maximum Gasteiger partial charge on any atom is 0.222 e. The van der Waals surface area contributed by atoms with Crippen LogP contribution in [0.3, 0.4) is 0 Å². The average molecular weight is 420 g/mol. The molecule has 4 nitrogen and oxygen atoms in total. The van der Waals surface area contributed by atoms with Crippen molar-refractivity contribution in [2.24, 2.45) is 0 Å². The van der Waals surface area contributed by atoms with E-state index in [0.29, 0.717) is 12.3 Å². The average Bonchev–Trinajstić information content (AvgIpc) is 2.83. The molecule has 0 unspecified atom stereocenters. The first-order valence-electron chi connectivity index (χ1n) is 12.0. The molecule has 31 heavy (non-hydrogen) atoms. The van der Waals surface area contributed by atoms with Crippen LogP contribution in [0.15, 0.2) is 48.7 Å². The van der Waals surface area contributed by atoms with Crippen molar-refractivity contribution in [3.63, 3.8) is 0 Å². The van der Waals surface area contributed by atoms with Crippen LogP contribution in [0.1, 0.15) is 69.5 Å². The van der Waals surface area contributed by atoms with Crippen molar-refractivity contribution >= 4 is 23.7 Å². The highest BCUT2D eigenvalue weighted by Gasteiger charge is 2.20. The quantitative estimate of drug-likeness (QED) is 0.417. The lowest BCUT2D eigenvalue weighted by Crippen LogP contribution is -2.48. The minimum atomic E-state index is 0.336. The fraction of sp³-hybridized carbons (Fsp3) is 0.481. The van der Waals surface area contributed by atoms with Crippen molar-refractivity contribution in [1.82, 2.24) is 9.88 Å². The van der Waals surface area contributed by atoms with Gasteiger partial charge in [0.05, 0.1) is 5.69 Å². The second-order valence-electron chi connectivity index (χ2n) is 8.42. The van der Waals surface area contributed by atoms with Crippen LogP contribution in [0.25, 0.3) is 12.2 Å². The Kier molecular flexibility index (Phi) is 9.62. The summed E-state index contributed by atoms with van der Waals surface area (Å²) in [4.78, 5) is 21.3. The number of rotatable bonds is 11. The molecule has 166 valence electrons. The monoisotopic (exact) mass is 419 g/mol. The lowest BCUT2D eigenvalue weighted by atomic mass is 10.1. The predicted molar refractivity (Wildman–Crippen MR) is 131 cm³/mol. The first kappa shape index (κ1) is 23.1. The van der Waals surface area contributed by atoms with Crippen molar-refractivity contribution < 1.29 is 4.79 Å². The van der Waals surface area contributed by atoms with Crippen LogP contribution in [0, 0.1) is 0 Å². The Balaban J connectivity index is 1.37. The molecule has 1 amide bonds. The highest BCUT2D eigenvalue weighted by molar-refractivity contribution is 5.76. The van der Waals surface area contributed by atoms with E-state index in [9.17, 15) is 4.79 Å². The third-order valence-electron chi connectivity index (χ3n) is 6.02. The van der Waals surface area contributed by atoms with Crippen LogP contribution in [-0.2, 0) is 4.79 Å². The van der Waals surface area contributed by atoms with Crippen LogP contribution in [0.5, 0.6) is 0 Å². The number of amides is 1. The number of aromatic nitrogens is 1. The number of nitrogens with zero attached hydrogens (tertiary/aromatic N) is 3. The second-order valence-corrected chi connectivity index (χ2v) is 8.42. The van der Waals surface area contributed by atoms with Gasteiger partial charge in [0.2, 0.25) is 5.91 Å². The van der Waals surface area contributed by atoms with Gasteiger partial charge in [0.25, 0.3) is 0 Å². The number of unbranched alkanes of at least 4 members (excludes halogenated alkanes) is 6. The largest absolute Gasteiger partial charge is 0.368 e. The zero-order valence-corrected chi connectivity index (χ0v) is 19.0. The molecule has 4 heteroatoms. The van der Waals surface area contributed by atoms with E-state index in [-0.39, 0.29) is 0 Å². The van der Waals surface area contributed by atoms with Crippen LogP contribution >= 0.6 is 0 Å². The number of benzene rings is 1. The molecule has 1 aromatic heterocycles. The second kappa shape index (κ2) is 12.9. The van der Waals surface area contributed by atoms with Gasteiger partial charge in [-0.1, -0.05) is 69.7 Å². The number of carbonyl (C=O) groups is 1. The highest BCUT2D eigenvalue weighted by Crippen LogP contribution is 2.19. The summed E-state index contributed by atoms with van der Waals surface area (Å²) in [5, 5.41) is 0. The van der Waals surface area contributed by atoms with Crippen molar-refractivity contribution in [2.75, 3.05) is 31.1 Å². The molecule has 0 atom stereocenters. The van der Waals surface area contributed by atoms with Crippen LogP contribution in [0.2, 0.25) is 0 Å². The Hall–Kier alpha value is -2.62. The molecule has 1 aliphatic rings. The minimum absolute atomic E-state index is 0.336. The van der Waals surface area contributed by atoms with E-state index in [4.69, 9.17) is 0 Å². The summed E-state index contributed by atoms with van der Waals surface area (Å²) in [5.74, 6) is 0.336. The fourth-order valence-corrected chi connectivity index (χ4v) is 4.06. The van der Waals surface area contributed by atoms with E-state index in [0.717, 1.165) is 43.9 Å². The summed E-state index contributed by atoms with van der Waals surface area (Å²) in [7, 11) is 0. The van der Waals surface area contributed by atoms with E-state index in [1.807, 2.05) is 30.5 Å². The Labute approximate surface area is 188 Å². The van der Waals surface area contributed by atoms with Crippen molar-refractivity contribution in [1.29, 1.82) is 0 Å². The molecule has 1 aromatic carbocycles. The molecule has 0 radical (unpaired) electrons. The van der Waals surface area contributed by atoms with E-state index < -0.39 is 0 Å². The topological polar surface area (TPSA) is 36.4 Å². The van der Waals surface area contributed by atoms with Crippen molar-refractivity contribution in [3.05, 3.63) is 59.9 Å². The SMILES string of the molecule is CCCCCCCCCC(=O)N1CCN(c2ccc(/C=C/c3ccccn3)cc2)CC1. The predicted octanol–water partition coefficient (Wildman–Crippen LogP) is 6.04. The Morgan fingerprint density at radius 3 is 2.26 bits per heavy atom. The molecule has 2 heterocycles. The van der Waals surface area contributed by atoms with Gasteiger partial charge >= 0.3 is 0 Å². The van der Waals surface area contributed by atoms with Gasteiger partial charge in [-0.05, 0) is 42.3 Å². The van der Waals surface area contributed by atoms with Crippen LogP contribution in [0.4, 0.5) is 5.69 Å². The number of carbonyl (C=O) groups excluding carboxylic acids is 1. The lowest BCUT2D eigenvalue weighted by Gasteiger charge is -2.36. The lowest BCUT2D eigenvalue weighted by molar-refractivity contribution is -0.131. The molecule has 2 aromatic rings. The first-order chi connectivity index (χ1) is 15.3. The summed E-state index contributed by atoms with van der Waals surface area (Å²) in [6.07, 6.45) is 15.4. The number of anilines is 1. The van der Waals surface area contributed by atoms with E-state index >= 15 is 0 Å². The van der Waals surface area contributed by atoms with Gasteiger partial charge in [0.15, 0.2) is 0 Å². The molecule has 0 bridgehead atoms. The molecule has 0 spiro atoms. The standard InChI is InChI=1S/C27H37N3O/c1-2-3-4-5-6-7-8-12-27(31)30-22-20-29(21-23-30)26-17-14-24(15-18-26)13-16-25-11-9-10-19-28-25/h9-11,13-19H,2-8,12,20-23H2,1H3/b16-13+. The van der Waals surface area contributed by atoms with Gasteiger partial charge in [-0.15, -0.1) is 0 Å². The van der Waals surface area contributed by atoms with Crippen molar-refractivity contribution in [3.8, 4) is 0 Å². The molecule has 0 saturated carbocycles. The molecule has 1 saturated heterocycles. The van der Waals surface area contributed by atoms with E-state index in [1.54, 1.807) is 0 Å². The molecule has 0 N–H and O–H groups in total. The molecular weight excluding hydrogens is 382 g/mol. The molecule has 1 aliphatic heterocycles. The fourth-order valence-electron chi connectivity index (χ4n) is 4.06. The van der Waals surface area contributed by atoms with Gasteiger partial charge in [-0.3, -0.25) is 9.78 Å². The number of hydrogen-bond donors (Lipinski definition) is 0. The summed E-state index contributed by atoms with van der Waals surface area (Å²) < 4.78 is 0. The maximum absolute atomic E-state index is 12.5. The third kappa shape index (κ3) is 7.86. The van der Waals surface area contributed by atoms with Gasteiger partial charge in [0, 0.05) is 44.5 Å².